The fraction of sp³-hybridized carbons (Fsp3) is 0.250. The van der Waals surface area contributed by atoms with Gasteiger partial charge in [0, 0.05) is 38.1 Å². The van der Waals surface area contributed by atoms with Crippen LogP contribution in [0.1, 0.15) is 5.56 Å². The van der Waals surface area contributed by atoms with E-state index in [-0.39, 0.29) is 5.56 Å². The Kier molecular flexibility index (Phi) is 5.62. The number of morpholine rings is 1. The van der Waals surface area contributed by atoms with Crippen molar-refractivity contribution in [3.8, 4) is 11.3 Å². The van der Waals surface area contributed by atoms with Gasteiger partial charge in [0.15, 0.2) is 0 Å². The Morgan fingerprint density at radius 2 is 1.91 bits per heavy atom. The molecule has 0 saturated carbocycles. The maximum absolute atomic E-state index is 12.6. The van der Waals surface area contributed by atoms with Crippen molar-refractivity contribution in [2.45, 2.75) is 6.92 Å². The number of ether oxygens (including phenoxy) is 1. The molecule has 0 amide bonds. The average molecular weight is 444 g/mol. The van der Waals surface area contributed by atoms with Gasteiger partial charge in [-0.1, -0.05) is 0 Å². The van der Waals surface area contributed by atoms with Crippen LogP contribution in [0.5, 0.6) is 0 Å². The molecule has 1 fully saturated rings. The highest BCUT2D eigenvalue weighted by molar-refractivity contribution is 5.95. The molecule has 0 spiro atoms. The SMILES string of the molecule is CNc1ncc(-c2cc3cc[nH]c(=O)c3c(Nc3ccc(N4CCOCC4)nc3)n2)cc1C. The molecule has 3 N–H and O–H groups in total. The number of rotatable bonds is 5. The second-order valence-corrected chi connectivity index (χ2v) is 7.90. The highest BCUT2D eigenvalue weighted by atomic mass is 16.5. The van der Waals surface area contributed by atoms with Gasteiger partial charge >= 0.3 is 0 Å². The first-order chi connectivity index (χ1) is 16.1. The Hall–Kier alpha value is -3.98. The highest BCUT2D eigenvalue weighted by Gasteiger charge is 2.14. The molecule has 33 heavy (non-hydrogen) atoms. The third-order valence-corrected chi connectivity index (χ3v) is 5.71. The Labute approximate surface area is 190 Å². The molecular formula is C24H25N7O2. The predicted molar refractivity (Wildman–Crippen MR) is 130 cm³/mol. The van der Waals surface area contributed by atoms with Gasteiger partial charge in [-0.3, -0.25) is 4.79 Å². The van der Waals surface area contributed by atoms with Crippen molar-refractivity contribution in [2.24, 2.45) is 0 Å². The number of aromatic amines is 1. The largest absolute Gasteiger partial charge is 0.378 e. The van der Waals surface area contributed by atoms with Gasteiger partial charge in [-0.05, 0) is 48.2 Å². The summed E-state index contributed by atoms with van der Waals surface area (Å²) in [7, 11) is 1.84. The van der Waals surface area contributed by atoms with Crippen LogP contribution in [0.25, 0.3) is 22.0 Å². The van der Waals surface area contributed by atoms with Gasteiger partial charge in [0.25, 0.3) is 5.56 Å². The number of nitrogens with zero attached hydrogens (tertiary/aromatic N) is 4. The van der Waals surface area contributed by atoms with Gasteiger partial charge in [-0.2, -0.15) is 0 Å². The van der Waals surface area contributed by atoms with Gasteiger partial charge in [0.1, 0.15) is 17.5 Å². The molecule has 4 aromatic heterocycles. The molecule has 5 rings (SSSR count). The number of hydrogen-bond acceptors (Lipinski definition) is 8. The van der Waals surface area contributed by atoms with E-state index in [4.69, 9.17) is 9.72 Å². The number of fused-ring (bicyclic) bond motifs is 1. The minimum Gasteiger partial charge on any atom is -0.378 e. The Balaban J connectivity index is 1.53. The molecule has 0 atom stereocenters. The summed E-state index contributed by atoms with van der Waals surface area (Å²) in [5.41, 5.74) is 3.16. The van der Waals surface area contributed by atoms with Crippen LogP contribution >= 0.6 is 0 Å². The number of nitrogens with one attached hydrogen (secondary N) is 3. The first-order valence-corrected chi connectivity index (χ1v) is 10.9. The third-order valence-electron chi connectivity index (χ3n) is 5.71. The summed E-state index contributed by atoms with van der Waals surface area (Å²) < 4.78 is 5.41. The molecule has 1 aliphatic heterocycles. The maximum Gasteiger partial charge on any atom is 0.259 e. The van der Waals surface area contributed by atoms with Crippen LogP contribution in [-0.4, -0.2) is 53.3 Å². The molecule has 0 aliphatic carbocycles. The van der Waals surface area contributed by atoms with Crippen molar-refractivity contribution in [1.29, 1.82) is 0 Å². The molecule has 4 aromatic rings. The lowest BCUT2D eigenvalue weighted by atomic mass is 10.1. The van der Waals surface area contributed by atoms with Crippen LogP contribution in [-0.2, 0) is 4.74 Å². The van der Waals surface area contributed by atoms with Crippen LogP contribution < -0.4 is 21.1 Å². The summed E-state index contributed by atoms with van der Waals surface area (Å²) in [4.78, 5) is 31.4. The Morgan fingerprint density at radius 1 is 1.06 bits per heavy atom. The number of H-pyrrole nitrogens is 1. The van der Waals surface area contributed by atoms with Crippen LogP contribution in [0.4, 0.5) is 23.1 Å². The zero-order chi connectivity index (χ0) is 22.8. The van der Waals surface area contributed by atoms with Crippen LogP contribution in [0, 0.1) is 6.92 Å². The van der Waals surface area contributed by atoms with Gasteiger partial charge in [-0.25, -0.2) is 15.0 Å². The number of hydrogen-bond donors (Lipinski definition) is 3. The minimum absolute atomic E-state index is 0.202. The number of anilines is 4. The van der Waals surface area contributed by atoms with E-state index in [1.165, 1.54) is 0 Å². The second-order valence-electron chi connectivity index (χ2n) is 7.90. The van der Waals surface area contributed by atoms with Gasteiger partial charge in [0.2, 0.25) is 0 Å². The average Bonchev–Trinajstić information content (AvgIpc) is 2.85. The Morgan fingerprint density at radius 3 is 2.64 bits per heavy atom. The quantitative estimate of drug-likeness (QED) is 0.431. The van der Waals surface area contributed by atoms with Crippen LogP contribution in [0.15, 0.2) is 53.7 Å². The lowest BCUT2D eigenvalue weighted by Gasteiger charge is -2.27. The van der Waals surface area contributed by atoms with Crippen molar-refractivity contribution in [3.63, 3.8) is 0 Å². The molecule has 1 aliphatic rings. The summed E-state index contributed by atoms with van der Waals surface area (Å²) in [5, 5.41) is 7.66. The topological polar surface area (TPSA) is 108 Å². The van der Waals surface area contributed by atoms with Gasteiger partial charge in [-0.15, -0.1) is 0 Å². The van der Waals surface area contributed by atoms with Crippen LogP contribution in [0.2, 0.25) is 0 Å². The smallest absolute Gasteiger partial charge is 0.259 e. The number of aryl methyl sites for hydroxylation is 1. The first-order valence-electron chi connectivity index (χ1n) is 10.9. The van der Waals surface area contributed by atoms with E-state index in [0.717, 1.165) is 52.6 Å². The molecule has 5 heterocycles. The van der Waals surface area contributed by atoms with Gasteiger partial charge < -0.3 is 25.3 Å². The predicted octanol–water partition coefficient (Wildman–Crippen LogP) is 3.31. The molecule has 9 heteroatoms. The van der Waals surface area contributed by atoms with Crippen molar-refractivity contribution in [1.82, 2.24) is 19.9 Å². The monoisotopic (exact) mass is 443 g/mol. The van der Waals surface area contributed by atoms with E-state index in [1.807, 2.05) is 44.3 Å². The molecule has 0 radical (unpaired) electrons. The fourth-order valence-corrected chi connectivity index (χ4v) is 4.01. The minimum atomic E-state index is -0.202. The highest BCUT2D eigenvalue weighted by Crippen LogP contribution is 2.29. The molecule has 9 nitrogen and oxygen atoms in total. The van der Waals surface area contributed by atoms with E-state index >= 15 is 0 Å². The lowest BCUT2D eigenvalue weighted by molar-refractivity contribution is 0.122. The van der Waals surface area contributed by atoms with E-state index in [1.54, 1.807) is 18.6 Å². The number of pyridine rings is 4. The van der Waals surface area contributed by atoms with Crippen molar-refractivity contribution in [3.05, 3.63) is 64.8 Å². The van der Waals surface area contributed by atoms with E-state index in [9.17, 15) is 4.79 Å². The fourth-order valence-electron chi connectivity index (χ4n) is 4.01. The summed E-state index contributed by atoms with van der Waals surface area (Å²) in [6.45, 7) is 5.05. The number of aromatic nitrogens is 4. The molecule has 0 bridgehead atoms. The molecule has 0 unspecified atom stereocenters. The van der Waals surface area contributed by atoms with E-state index in [2.05, 4.69) is 30.5 Å². The zero-order valence-electron chi connectivity index (χ0n) is 18.6. The maximum atomic E-state index is 12.6. The molecule has 1 saturated heterocycles. The van der Waals surface area contributed by atoms with Crippen molar-refractivity contribution >= 4 is 33.9 Å². The summed E-state index contributed by atoms with van der Waals surface area (Å²) >= 11 is 0. The standard InChI is InChI=1S/C24H25N7O2/c1-15-11-17(13-28-22(15)25-2)19-12-16-5-6-26-24(32)21(16)23(30-19)29-18-3-4-20(27-14-18)31-7-9-33-10-8-31/h3-6,11-14H,7-10H2,1-2H3,(H,25,28)(H,26,32)(H,29,30). The Bertz CT molecular complexity index is 1350. The molecular weight excluding hydrogens is 418 g/mol. The van der Waals surface area contributed by atoms with Crippen molar-refractivity contribution < 1.29 is 4.74 Å². The summed E-state index contributed by atoms with van der Waals surface area (Å²) in [5.74, 6) is 2.20. The first kappa shape index (κ1) is 20.9. The summed E-state index contributed by atoms with van der Waals surface area (Å²) in [6.07, 6.45) is 5.18. The summed E-state index contributed by atoms with van der Waals surface area (Å²) in [6, 6.07) is 9.72. The van der Waals surface area contributed by atoms with E-state index in [0.29, 0.717) is 24.4 Å². The van der Waals surface area contributed by atoms with Crippen molar-refractivity contribution in [2.75, 3.05) is 48.9 Å². The molecule has 168 valence electrons. The van der Waals surface area contributed by atoms with Crippen LogP contribution in [0.3, 0.4) is 0 Å². The van der Waals surface area contributed by atoms with Gasteiger partial charge in [0.05, 0.1) is 36.2 Å². The van der Waals surface area contributed by atoms with E-state index < -0.39 is 0 Å². The normalized spacial score (nSPS) is 13.8. The molecule has 0 aromatic carbocycles. The zero-order valence-corrected chi connectivity index (χ0v) is 18.6. The lowest BCUT2D eigenvalue weighted by Crippen LogP contribution is -2.36. The second kappa shape index (κ2) is 8.87. The third kappa shape index (κ3) is 4.22.